The Morgan fingerprint density at radius 3 is 2.73 bits per heavy atom. The van der Waals surface area contributed by atoms with E-state index in [9.17, 15) is 0 Å². The van der Waals surface area contributed by atoms with Gasteiger partial charge in [-0.05, 0) is 30.0 Å². The first-order valence-corrected chi connectivity index (χ1v) is 5.91. The molecule has 1 atom stereocenters. The molecule has 0 saturated carbocycles. The van der Waals surface area contributed by atoms with Gasteiger partial charge in [-0.15, -0.1) is 0 Å². The molecule has 1 aliphatic rings. The van der Waals surface area contributed by atoms with Crippen LogP contribution >= 0.6 is 0 Å². The fourth-order valence-electron chi connectivity index (χ4n) is 2.23. The molecule has 0 spiro atoms. The summed E-state index contributed by atoms with van der Waals surface area (Å²) in [6.07, 6.45) is 5.96. The molecule has 0 fully saturated rings. The van der Waals surface area contributed by atoms with Gasteiger partial charge in [0.15, 0.2) is 0 Å². The summed E-state index contributed by atoms with van der Waals surface area (Å²) in [4.78, 5) is 0. The molecule has 80 valence electrons. The van der Waals surface area contributed by atoms with Crippen LogP contribution in [0.4, 0.5) is 5.69 Å². The number of anilines is 1. The number of hydrogen-bond acceptors (Lipinski definition) is 1. The van der Waals surface area contributed by atoms with Crippen molar-refractivity contribution >= 4 is 11.8 Å². The van der Waals surface area contributed by atoms with Crippen molar-refractivity contribution < 1.29 is 0 Å². The highest BCUT2D eigenvalue weighted by Crippen LogP contribution is 2.29. The lowest BCUT2D eigenvalue weighted by Crippen LogP contribution is -2.24. The summed E-state index contributed by atoms with van der Waals surface area (Å²) in [6, 6.07) is 9.10. The summed E-state index contributed by atoms with van der Waals surface area (Å²) in [5, 5.41) is 3.63. The number of hydrogen-bond donors (Lipinski definition) is 1. The summed E-state index contributed by atoms with van der Waals surface area (Å²) >= 11 is 0. The molecule has 1 aromatic rings. The molecule has 1 heteroatoms. The van der Waals surface area contributed by atoms with Crippen molar-refractivity contribution in [2.75, 3.05) is 5.32 Å². The predicted molar refractivity (Wildman–Crippen MR) is 67.0 cm³/mol. The lowest BCUT2D eigenvalue weighted by Gasteiger charge is -2.27. The molecule has 2 rings (SSSR count). The van der Waals surface area contributed by atoms with Gasteiger partial charge in [-0.25, -0.2) is 0 Å². The molecule has 1 heterocycles. The van der Waals surface area contributed by atoms with Crippen LogP contribution in [0.2, 0.25) is 0 Å². The maximum Gasteiger partial charge on any atom is 0.0476 e. The van der Waals surface area contributed by atoms with Crippen LogP contribution in [0.25, 0.3) is 6.08 Å². The van der Waals surface area contributed by atoms with E-state index in [0.717, 1.165) is 6.42 Å². The average Bonchev–Trinajstić information content (AvgIpc) is 2.28. The van der Waals surface area contributed by atoms with Crippen molar-refractivity contribution in [3.8, 4) is 0 Å². The molecule has 0 amide bonds. The van der Waals surface area contributed by atoms with Crippen molar-refractivity contribution in [2.45, 2.75) is 39.2 Å². The highest BCUT2D eigenvalue weighted by molar-refractivity contribution is 5.73. The SMILES string of the molecule is CCCC1Nc2ccccc2C=C1CC. The van der Waals surface area contributed by atoms with Crippen molar-refractivity contribution in [3.05, 3.63) is 35.4 Å². The Labute approximate surface area is 92.2 Å². The molecule has 1 N–H and O–H groups in total. The Balaban J connectivity index is 2.31. The maximum atomic E-state index is 3.63. The smallest absolute Gasteiger partial charge is 0.0476 e. The van der Waals surface area contributed by atoms with Crippen LogP contribution in [0.1, 0.15) is 38.7 Å². The molecule has 1 unspecified atom stereocenters. The highest BCUT2D eigenvalue weighted by atomic mass is 14.9. The van der Waals surface area contributed by atoms with E-state index in [4.69, 9.17) is 0 Å². The molecule has 0 aliphatic carbocycles. The standard InChI is InChI=1S/C14H19N/c1-3-7-13-11(4-2)10-12-8-5-6-9-14(12)15-13/h5-6,8-10,13,15H,3-4,7H2,1-2H3. The van der Waals surface area contributed by atoms with Crippen LogP contribution in [0.15, 0.2) is 29.8 Å². The zero-order valence-corrected chi connectivity index (χ0v) is 9.59. The molecule has 1 aromatic carbocycles. The molecule has 15 heavy (non-hydrogen) atoms. The van der Waals surface area contributed by atoms with Gasteiger partial charge in [0, 0.05) is 11.7 Å². The molecular formula is C14H19N. The van der Waals surface area contributed by atoms with Gasteiger partial charge in [-0.1, -0.05) is 44.5 Å². The van der Waals surface area contributed by atoms with Gasteiger partial charge in [0.2, 0.25) is 0 Å². The van der Waals surface area contributed by atoms with Crippen LogP contribution in [0, 0.1) is 0 Å². The van der Waals surface area contributed by atoms with Gasteiger partial charge < -0.3 is 5.32 Å². The third-order valence-electron chi connectivity index (χ3n) is 3.06. The van der Waals surface area contributed by atoms with Crippen molar-refractivity contribution in [1.29, 1.82) is 0 Å². The highest BCUT2D eigenvalue weighted by Gasteiger charge is 2.17. The monoisotopic (exact) mass is 201 g/mol. The summed E-state index contributed by atoms with van der Waals surface area (Å²) in [7, 11) is 0. The lowest BCUT2D eigenvalue weighted by atomic mass is 9.93. The second-order valence-electron chi connectivity index (χ2n) is 4.15. The minimum atomic E-state index is 0.551. The van der Waals surface area contributed by atoms with E-state index >= 15 is 0 Å². The van der Waals surface area contributed by atoms with Crippen LogP contribution in [0.5, 0.6) is 0 Å². The second-order valence-corrected chi connectivity index (χ2v) is 4.15. The number of benzene rings is 1. The van der Waals surface area contributed by atoms with Crippen molar-refractivity contribution in [2.24, 2.45) is 0 Å². The van der Waals surface area contributed by atoms with E-state index in [-0.39, 0.29) is 0 Å². The molecule has 0 aromatic heterocycles. The Morgan fingerprint density at radius 2 is 2.00 bits per heavy atom. The van der Waals surface area contributed by atoms with E-state index in [1.165, 1.54) is 29.7 Å². The van der Waals surface area contributed by atoms with Crippen LogP contribution in [0.3, 0.4) is 0 Å². The van der Waals surface area contributed by atoms with Crippen LogP contribution < -0.4 is 5.32 Å². The van der Waals surface area contributed by atoms with Crippen molar-refractivity contribution in [3.63, 3.8) is 0 Å². The quantitative estimate of drug-likeness (QED) is 0.777. The second kappa shape index (κ2) is 4.52. The predicted octanol–water partition coefficient (Wildman–Crippen LogP) is 4.07. The Bertz CT molecular complexity index is 365. The molecular weight excluding hydrogens is 182 g/mol. The minimum Gasteiger partial charge on any atom is -0.378 e. The first-order chi connectivity index (χ1) is 7.35. The third-order valence-corrected chi connectivity index (χ3v) is 3.06. The molecule has 1 aliphatic heterocycles. The summed E-state index contributed by atoms with van der Waals surface area (Å²) in [5.41, 5.74) is 4.16. The summed E-state index contributed by atoms with van der Waals surface area (Å²) in [5.74, 6) is 0. The Morgan fingerprint density at radius 1 is 1.20 bits per heavy atom. The number of rotatable bonds is 3. The van der Waals surface area contributed by atoms with E-state index in [1.54, 1.807) is 0 Å². The van der Waals surface area contributed by atoms with E-state index in [1.807, 2.05) is 0 Å². The lowest BCUT2D eigenvalue weighted by molar-refractivity contribution is 0.691. The zero-order valence-electron chi connectivity index (χ0n) is 9.59. The number of nitrogens with one attached hydrogen (secondary N) is 1. The van der Waals surface area contributed by atoms with Gasteiger partial charge in [-0.2, -0.15) is 0 Å². The van der Waals surface area contributed by atoms with Crippen LogP contribution in [-0.2, 0) is 0 Å². The van der Waals surface area contributed by atoms with Crippen molar-refractivity contribution in [1.82, 2.24) is 0 Å². The first kappa shape index (κ1) is 10.3. The number of fused-ring (bicyclic) bond motifs is 1. The molecule has 1 nitrogen and oxygen atoms in total. The van der Waals surface area contributed by atoms with E-state index in [0.29, 0.717) is 6.04 Å². The van der Waals surface area contributed by atoms with E-state index < -0.39 is 0 Å². The fourth-order valence-corrected chi connectivity index (χ4v) is 2.23. The van der Waals surface area contributed by atoms with E-state index in [2.05, 4.69) is 49.5 Å². The largest absolute Gasteiger partial charge is 0.378 e. The first-order valence-electron chi connectivity index (χ1n) is 5.91. The molecule has 0 saturated heterocycles. The van der Waals surface area contributed by atoms with Gasteiger partial charge in [-0.3, -0.25) is 0 Å². The molecule has 0 radical (unpaired) electrons. The average molecular weight is 201 g/mol. The summed E-state index contributed by atoms with van der Waals surface area (Å²) in [6.45, 7) is 4.49. The Kier molecular flexibility index (Phi) is 3.10. The number of para-hydroxylation sites is 1. The van der Waals surface area contributed by atoms with Gasteiger partial charge in [0.1, 0.15) is 0 Å². The fraction of sp³-hybridized carbons (Fsp3) is 0.429. The maximum absolute atomic E-state index is 3.63. The zero-order chi connectivity index (χ0) is 10.7. The normalized spacial score (nSPS) is 19.1. The topological polar surface area (TPSA) is 12.0 Å². The Hall–Kier alpha value is -1.24. The van der Waals surface area contributed by atoms with Gasteiger partial charge >= 0.3 is 0 Å². The summed E-state index contributed by atoms with van der Waals surface area (Å²) < 4.78 is 0. The third kappa shape index (κ3) is 2.06. The minimum absolute atomic E-state index is 0.551. The molecule has 0 bridgehead atoms. The van der Waals surface area contributed by atoms with Crippen LogP contribution in [-0.4, -0.2) is 6.04 Å². The van der Waals surface area contributed by atoms with Gasteiger partial charge in [0.05, 0.1) is 0 Å². The van der Waals surface area contributed by atoms with Gasteiger partial charge in [0.25, 0.3) is 0 Å².